The standard InChI is InChI=1S/C22H19Cl2O5P/c1-10-9-14-12-5-7-15(23)21(27-3)18(12)19-13(6-8-16(24)22(19)28-4)17(14)11(2)20(10)29-30(25)26/h5-9,25-26H,1-4H3. The van der Waals surface area contributed by atoms with E-state index in [1.807, 2.05) is 32.0 Å². The second kappa shape index (κ2) is 7.92. The van der Waals surface area contributed by atoms with Crippen LogP contribution in [0.2, 0.25) is 10.0 Å². The third-order valence-corrected chi connectivity index (χ3v) is 6.26. The van der Waals surface area contributed by atoms with Gasteiger partial charge in [-0.05, 0) is 59.2 Å². The fourth-order valence-electron chi connectivity index (χ4n) is 4.19. The van der Waals surface area contributed by atoms with Crippen molar-refractivity contribution >= 4 is 64.1 Å². The zero-order valence-corrected chi connectivity index (χ0v) is 19.1. The molecule has 0 aliphatic heterocycles. The normalized spacial score (nSPS) is 11.6. The van der Waals surface area contributed by atoms with Gasteiger partial charge in [-0.25, -0.2) is 0 Å². The molecule has 8 heteroatoms. The van der Waals surface area contributed by atoms with Crippen molar-refractivity contribution in [2.24, 2.45) is 0 Å². The van der Waals surface area contributed by atoms with Crippen molar-refractivity contribution in [3.63, 3.8) is 0 Å². The molecule has 0 radical (unpaired) electrons. The van der Waals surface area contributed by atoms with Crippen LogP contribution in [-0.2, 0) is 0 Å². The van der Waals surface area contributed by atoms with Gasteiger partial charge < -0.3 is 23.8 Å². The second-order valence-corrected chi connectivity index (χ2v) is 8.42. The van der Waals surface area contributed by atoms with E-state index in [0.717, 1.165) is 43.4 Å². The van der Waals surface area contributed by atoms with Crippen LogP contribution in [0.4, 0.5) is 0 Å². The van der Waals surface area contributed by atoms with E-state index >= 15 is 0 Å². The van der Waals surface area contributed by atoms with E-state index in [0.29, 0.717) is 27.3 Å². The van der Waals surface area contributed by atoms with Crippen LogP contribution in [0.15, 0.2) is 30.3 Å². The number of benzene rings is 4. The van der Waals surface area contributed by atoms with Gasteiger partial charge in [0, 0.05) is 16.3 Å². The number of methoxy groups -OCH3 is 2. The van der Waals surface area contributed by atoms with Gasteiger partial charge in [0.25, 0.3) is 0 Å². The Hall–Kier alpha value is -2.01. The summed E-state index contributed by atoms with van der Waals surface area (Å²) in [5.41, 5.74) is 1.57. The van der Waals surface area contributed by atoms with Crippen molar-refractivity contribution in [1.82, 2.24) is 0 Å². The molecule has 5 nitrogen and oxygen atoms in total. The Kier molecular flexibility index (Phi) is 5.60. The number of fused-ring (bicyclic) bond motifs is 6. The molecular weight excluding hydrogens is 446 g/mol. The molecule has 0 aliphatic carbocycles. The first-order chi connectivity index (χ1) is 14.3. The van der Waals surface area contributed by atoms with Crippen LogP contribution in [0.1, 0.15) is 11.1 Å². The van der Waals surface area contributed by atoms with Gasteiger partial charge in [-0.15, -0.1) is 0 Å². The van der Waals surface area contributed by atoms with Gasteiger partial charge in [0.15, 0.2) is 0 Å². The molecule has 0 heterocycles. The Morgan fingerprint density at radius 1 is 0.733 bits per heavy atom. The minimum absolute atomic E-state index is 0.439. The van der Waals surface area contributed by atoms with E-state index in [1.54, 1.807) is 26.4 Å². The Morgan fingerprint density at radius 2 is 1.27 bits per heavy atom. The van der Waals surface area contributed by atoms with Crippen LogP contribution in [0.25, 0.3) is 32.3 Å². The van der Waals surface area contributed by atoms with Crippen molar-refractivity contribution in [3.05, 3.63) is 51.5 Å². The van der Waals surface area contributed by atoms with Crippen molar-refractivity contribution in [3.8, 4) is 17.2 Å². The van der Waals surface area contributed by atoms with E-state index in [-0.39, 0.29) is 0 Å². The van der Waals surface area contributed by atoms with E-state index in [9.17, 15) is 9.79 Å². The number of hydrogen-bond acceptors (Lipinski definition) is 5. The van der Waals surface area contributed by atoms with Gasteiger partial charge in [0.05, 0.1) is 24.3 Å². The monoisotopic (exact) mass is 464 g/mol. The summed E-state index contributed by atoms with van der Waals surface area (Å²) in [7, 11) is 0.588. The van der Waals surface area contributed by atoms with Crippen molar-refractivity contribution in [2.45, 2.75) is 13.8 Å². The first kappa shape index (κ1) is 21.2. The summed E-state index contributed by atoms with van der Waals surface area (Å²) in [4.78, 5) is 18.9. The molecule has 0 spiro atoms. The number of halogens is 2. The molecule has 2 N–H and O–H groups in total. The fraction of sp³-hybridized carbons (Fsp3) is 0.182. The minimum Gasteiger partial charge on any atom is -0.495 e. The summed E-state index contributed by atoms with van der Waals surface area (Å²) in [6.07, 6.45) is 0. The Labute approximate surface area is 184 Å². The van der Waals surface area contributed by atoms with Crippen molar-refractivity contribution in [2.75, 3.05) is 14.2 Å². The highest BCUT2D eigenvalue weighted by atomic mass is 35.5. The van der Waals surface area contributed by atoms with E-state index in [4.69, 9.17) is 37.2 Å². The highest BCUT2D eigenvalue weighted by molar-refractivity contribution is 7.39. The van der Waals surface area contributed by atoms with Crippen LogP contribution in [0, 0.1) is 13.8 Å². The average molecular weight is 465 g/mol. The van der Waals surface area contributed by atoms with Gasteiger partial charge in [-0.2, -0.15) is 0 Å². The maximum atomic E-state index is 9.46. The first-order valence-electron chi connectivity index (χ1n) is 9.04. The maximum Gasteiger partial charge on any atom is 0.391 e. The van der Waals surface area contributed by atoms with E-state index in [2.05, 4.69) is 0 Å². The van der Waals surface area contributed by atoms with Gasteiger partial charge in [0.1, 0.15) is 17.2 Å². The highest BCUT2D eigenvalue weighted by Gasteiger charge is 2.23. The molecule has 0 saturated heterocycles. The molecule has 4 rings (SSSR count). The van der Waals surface area contributed by atoms with Gasteiger partial charge in [-0.3, -0.25) is 0 Å². The van der Waals surface area contributed by atoms with Crippen LogP contribution in [-0.4, -0.2) is 24.0 Å². The number of hydrogen-bond donors (Lipinski definition) is 2. The average Bonchev–Trinajstić information content (AvgIpc) is 2.70. The summed E-state index contributed by atoms with van der Waals surface area (Å²) in [6.45, 7) is 3.76. The van der Waals surface area contributed by atoms with Crippen LogP contribution in [0.3, 0.4) is 0 Å². The van der Waals surface area contributed by atoms with Gasteiger partial charge in [0.2, 0.25) is 0 Å². The lowest BCUT2D eigenvalue weighted by atomic mass is 9.89. The molecule has 0 amide bonds. The number of rotatable bonds is 4. The summed E-state index contributed by atoms with van der Waals surface area (Å²) < 4.78 is 16.7. The predicted molar refractivity (Wildman–Crippen MR) is 124 cm³/mol. The third-order valence-electron chi connectivity index (χ3n) is 5.31. The second-order valence-electron chi connectivity index (χ2n) is 6.92. The summed E-state index contributed by atoms with van der Waals surface area (Å²) in [6, 6.07) is 9.38. The largest absolute Gasteiger partial charge is 0.495 e. The predicted octanol–water partition coefficient (Wildman–Crippen LogP) is 6.68. The van der Waals surface area contributed by atoms with E-state index in [1.165, 1.54) is 0 Å². The van der Waals surface area contributed by atoms with Crippen molar-refractivity contribution < 1.29 is 23.8 Å². The molecular formula is C22H19Cl2O5P. The molecule has 0 unspecified atom stereocenters. The molecule has 4 aromatic rings. The highest BCUT2D eigenvalue weighted by Crippen LogP contribution is 2.50. The first-order valence-corrected chi connectivity index (χ1v) is 11.0. The molecule has 0 fully saturated rings. The van der Waals surface area contributed by atoms with Gasteiger partial charge in [-0.1, -0.05) is 35.3 Å². The van der Waals surface area contributed by atoms with Crippen LogP contribution >= 0.6 is 31.8 Å². The lowest BCUT2D eigenvalue weighted by Gasteiger charge is -2.20. The molecule has 0 saturated carbocycles. The zero-order valence-electron chi connectivity index (χ0n) is 16.7. The SMILES string of the molecule is COc1c(Cl)ccc2c3cc(C)c(OP(O)O)c(C)c3c3ccc(Cl)c(OC)c3c12. The van der Waals surface area contributed by atoms with Crippen LogP contribution in [0.5, 0.6) is 17.2 Å². The Morgan fingerprint density at radius 3 is 1.80 bits per heavy atom. The molecule has 0 bridgehead atoms. The molecule has 0 aliphatic rings. The third kappa shape index (κ3) is 3.13. The quantitative estimate of drug-likeness (QED) is 0.260. The summed E-state index contributed by atoms with van der Waals surface area (Å²) >= 11 is 12.9. The smallest absolute Gasteiger partial charge is 0.391 e. The molecule has 156 valence electrons. The lowest BCUT2D eigenvalue weighted by Crippen LogP contribution is -1.97. The summed E-state index contributed by atoms with van der Waals surface area (Å²) in [5, 5.41) is 6.13. The molecule has 4 aromatic carbocycles. The zero-order chi connectivity index (χ0) is 21.7. The van der Waals surface area contributed by atoms with E-state index < -0.39 is 8.60 Å². The summed E-state index contributed by atoms with van der Waals surface area (Å²) in [5.74, 6) is 1.48. The van der Waals surface area contributed by atoms with Gasteiger partial charge >= 0.3 is 8.60 Å². The van der Waals surface area contributed by atoms with Crippen LogP contribution < -0.4 is 14.0 Å². The van der Waals surface area contributed by atoms with Crippen molar-refractivity contribution in [1.29, 1.82) is 0 Å². The fourth-order valence-corrected chi connectivity index (χ4v) is 5.10. The molecule has 0 atom stereocenters. The molecule has 0 aromatic heterocycles. The molecule has 30 heavy (non-hydrogen) atoms. The topological polar surface area (TPSA) is 68.2 Å². The maximum absolute atomic E-state index is 9.46. The number of aryl methyl sites for hydroxylation is 2. The lowest BCUT2D eigenvalue weighted by molar-refractivity contribution is 0.373. The number of ether oxygens (including phenoxy) is 2. The Balaban J connectivity index is 2.38. The Bertz CT molecular complexity index is 1320. The minimum atomic E-state index is -2.55.